The third-order valence-corrected chi connectivity index (χ3v) is 8.29. The first-order valence-electron chi connectivity index (χ1n) is 12.8. The number of benzene rings is 2. The minimum atomic E-state index is -0.406. The largest absolute Gasteiger partial charge is 0.334 e. The molecule has 2 aromatic heterocycles. The first-order chi connectivity index (χ1) is 18.1. The number of amides is 3. The zero-order chi connectivity index (χ0) is 25.1. The Morgan fingerprint density at radius 2 is 1.84 bits per heavy atom. The van der Waals surface area contributed by atoms with Crippen LogP contribution < -0.4 is 10.2 Å². The van der Waals surface area contributed by atoms with Gasteiger partial charge in [0.25, 0.3) is 0 Å². The zero-order valence-corrected chi connectivity index (χ0v) is 20.8. The Kier molecular flexibility index (Phi) is 5.25. The second-order valence-electron chi connectivity index (χ2n) is 10.2. The number of pyridine rings is 1. The van der Waals surface area contributed by atoms with Crippen LogP contribution in [0.2, 0.25) is 5.02 Å². The van der Waals surface area contributed by atoms with Gasteiger partial charge in [-0.05, 0) is 49.7 Å². The summed E-state index contributed by atoms with van der Waals surface area (Å²) < 4.78 is 1.94. The molecule has 1 N–H and O–H groups in total. The van der Waals surface area contributed by atoms with Gasteiger partial charge in [-0.2, -0.15) is 0 Å². The third-order valence-electron chi connectivity index (χ3n) is 7.96. The quantitative estimate of drug-likeness (QED) is 0.390. The van der Waals surface area contributed by atoms with Gasteiger partial charge in [0.1, 0.15) is 5.69 Å². The van der Waals surface area contributed by atoms with Gasteiger partial charge in [0.2, 0.25) is 5.91 Å². The Hall–Kier alpha value is -3.78. The van der Waals surface area contributed by atoms with Gasteiger partial charge >= 0.3 is 6.03 Å². The van der Waals surface area contributed by atoms with Crippen molar-refractivity contribution in [3.8, 4) is 11.3 Å². The highest BCUT2D eigenvalue weighted by Crippen LogP contribution is 2.45. The topological polar surface area (TPSA) is 93.0 Å². The van der Waals surface area contributed by atoms with Crippen LogP contribution in [0, 0.1) is 5.92 Å². The monoisotopic (exact) mass is 512 g/mol. The number of carbonyl (C=O) groups excluding carboxylic acids is 2. The molecule has 4 aromatic rings. The summed E-state index contributed by atoms with van der Waals surface area (Å²) in [5.41, 5.74) is 3.32. The van der Waals surface area contributed by atoms with Crippen molar-refractivity contribution in [3.63, 3.8) is 0 Å². The number of carbonyl (C=O) groups is 2. The van der Waals surface area contributed by atoms with Crippen LogP contribution >= 0.6 is 11.6 Å². The second kappa shape index (κ2) is 8.66. The molecular weight excluding hydrogens is 488 g/mol. The van der Waals surface area contributed by atoms with E-state index in [1.807, 2.05) is 53.3 Å². The van der Waals surface area contributed by atoms with Gasteiger partial charge in [-0.1, -0.05) is 53.2 Å². The van der Waals surface area contributed by atoms with E-state index in [1.165, 1.54) is 4.90 Å². The summed E-state index contributed by atoms with van der Waals surface area (Å²) >= 11 is 6.76. The summed E-state index contributed by atoms with van der Waals surface area (Å²) in [6.07, 6.45) is 9.69. The molecule has 2 aromatic carbocycles. The number of halogens is 1. The Bertz CT molecular complexity index is 1540. The van der Waals surface area contributed by atoms with E-state index in [0.29, 0.717) is 29.6 Å². The molecule has 37 heavy (non-hydrogen) atoms. The van der Waals surface area contributed by atoms with Crippen LogP contribution in [0.25, 0.3) is 22.0 Å². The van der Waals surface area contributed by atoms with Crippen molar-refractivity contribution in [2.75, 3.05) is 4.90 Å². The molecule has 9 heteroatoms. The number of nitrogens with zero attached hydrogens (tertiary/aromatic N) is 5. The van der Waals surface area contributed by atoms with Crippen LogP contribution in [0.4, 0.5) is 10.5 Å². The smallest absolute Gasteiger partial charge is 0.329 e. The lowest BCUT2D eigenvalue weighted by atomic mass is 9.73. The van der Waals surface area contributed by atoms with Crippen molar-refractivity contribution < 1.29 is 9.59 Å². The summed E-state index contributed by atoms with van der Waals surface area (Å²) in [6.45, 7) is 0. The van der Waals surface area contributed by atoms with Gasteiger partial charge in [0.05, 0.1) is 30.0 Å². The Balaban J connectivity index is 1.18. The lowest BCUT2D eigenvalue weighted by Crippen LogP contribution is -2.61. The molecule has 7 rings (SSSR count). The summed E-state index contributed by atoms with van der Waals surface area (Å²) in [4.78, 5) is 32.5. The van der Waals surface area contributed by atoms with Gasteiger partial charge in [0.15, 0.2) is 0 Å². The van der Waals surface area contributed by atoms with Gasteiger partial charge in [-0.3, -0.25) is 9.78 Å². The fourth-order valence-electron chi connectivity index (χ4n) is 5.98. The molecule has 3 amide bonds. The van der Waals surface area contributed by atoms with E-state index in [9.17, 15) is 9.59 Å². The van der Waals surface area contributed by atoms with Crippen LogP contribution in [0.3, 0.4) is 0 Å². The molecule has 3 fully saturated rings. The van der Waals surface area contributed by atoms with Crippen molar-refractivity contribution in [2.24, 2.45) is 5.92 Å². The van der Waals surface area contributed by atoms with E-state index < -0.39 is 6.03 Å². The molecule has 0 radical (unpaired) electrons. The third kappa shape index (κ3) is 3.78. The fourth-order valence-corrected chi connectivity index (χ4v) is 6.31. The molecule has 2 saturated carbocycles. The van der Waals surface area contributed by atoms with Crippen molar-refractivity contribution in [1.82, 2.24) is 25.3 Å². The van der Waals surface area contributed by atoms with Crippen molar-refractivity contribution in [1.29, 1.82) is 0 Å². The highest BCUT2D eigenvalue weighted by atomic mass is 35.5. The number of rotatable bonds is 4. The van der Waals surface area contributed by atoms with E-state index in [1.54, 1.807) is 12.4 Å². The number of hydrogen-bond acceptors (Lipinski definition) is 5. The molecule has 186 valence electrons. The Morgan fingerprint density at radius 3 is 2.70 bits per heavy atom. The molecule has 0 bridgehead atoms. The molecule has 3 heterocycles. The van der Waals surface area contributed by atoms with Crippen molar-refractivity contribution >= 4 is 40.0 Å². The highest BCUT2D eigenvalue weighted by Gasteiger charge is 2.46. The van der Waals surface area contributed by atoms with Crippen molar-refractivity contribution in [3.05, 3.63) is 71.6 Å². The van der Waals surface area contributed by atoms with E-state index in [4.69, 9.17) is 11.6 Å². The molecule has 8 nitrogen and oxygen atoms in total. The first-order valence-corrected chi connectivity index (χ1v) is 13.1. The van der Waals surface area contributed by atoms with Gasteiger partial charge in [0, 0.05) is 33.6 Å². The van der Waals surface area contributed by atoms with Crippen molar-refractivity contribution in [2.45, 2.75) is 50.1 Å². The Labute approximate surface area is 218 Å². The zero-order valence-electron chi connectivity index (χ0n) is 20.0. The maximum atomic E-state index is 13.7. The average Bonchev–Trinajstić information content (AvgIpc) is 3.64. The SMILES string of the molecule is O=C1NC2CC(c3c(Cl)cccc3-c3cn(C4CC4)nn3)CCC2C(=O)N1c1cncc2ccccc12. The fraction of sp³-hybridized carbons (Fsp3) is 0.321. The normalized spacial score (nSPS) is 23.7. The number of anilines is 1. The molecule has 3 atom stereocenters. The molecule has 3 aliphatic rings. The number of urea groups is 1. The maximum Gasteiger partial charge on any atom is 0.329 e. The highest BCUT2D eigenvalue weighted by molar-refractivity contribution is 6.31. The summed E-state index contributed by atoms with van der Waals surface area (Å²) in [7, 11) is 0. The van der Waals surface area contributed by atoms with Gasteiger partial charge in [-0.25, -0.2) is 14.4 Å². The van der Waals surface area contributed by atoms with Crippen LogP contribution in [-0.2, 0) is 4.79 Å². The van der Waals surface area contributed by atoms with Crippen LogP contribution in [-0.4, -0.2) is 38.0 Å². The lowest BCUT2D eigenvalue weighted by Gasteiger charge is -2.42. The summed E-state index contributed by atoms with van der Waals surface area (Å²) in [5.74, 6) is -0.374. The molecule has 0 spiro atoms. The summed E-state index contributed by atoms with van der Waals surface area (Å²) in [6, 6.07) is 13.3. The standard InChI is InChI=1S/C28H25ClN6O2/c29-22-7-3-6-20(24-15-34(33-32-24)18-9-10-18)26(22)16-8-11-21-23(12-16)31-28(37)35(27(21)36)25-14-30-13-17-4-1-2-5-19(17)25/h1-7,13-16,18,21,23H,8-12H2,(H,31,37). The van der Waals surface area contributed by atoms with E-state index in [-0.39, 0.29) is 23.8 Å². The Morgan fingerprint density at radius 1 is 0.973 bits per heavy atom. The van der Waals surface area contributed by atoms with E-state index in [0.717, 1.165) is 46.9 Å². The molecule has 2 aliphatic carbocycles. The molecule has 1 saturated heterocycles. The molecule has 3 unspecified atom stereocenters. The average molecular weight is 513 g/mol. The second-order valence-corrected chi connectivity index (χ2v) is 10.6. The van der Waals surface area contributed by atoms with Gasteiger partial charge in [-0.15, -0.1) is 5.10 Å². The number of fused-ring (bicyclic) bond motifs is 2. The molecular formula is C28H25ClN6O2. The number of hydrogen-bond donors (Lipinski definition) is 1. The molecule has 1 aliphatic heterocycles. The predicted octanol–water partition coefficient (Wildman–Crippen LogP) is 5.49. The minimum absolute atomic E-state index is 0.0925. The van der Waals surface area contributed by atoms with E-state index >= 15 is 0 Å². The van der Waals surface area contributed by atoms with E-state index in [2.05, 4.69) is 20.6 Å². The van der Waals surface area contributed by atoms with Gasteiger partial charge < -0.3 is 5.32 Å². The van der Waals surface area contributed by atoms with Crippen LogP contribution in [0.1, 0.15) is 49.6 Å². The lowest BCUT2D eigenvalue weighted by molar-refractivity contribution is -0.124. The number of nitrogens with one attached hydrogen (secondary N) is 1. The predicted molar refractivity (Wildman–Crippen MR) is 140 cm³/mol. The number of imide groups is 1. The van der Waals surface area contributed by atoms with Crippen LogP contribution in [0.15, 0.2) is 61.1 Å². The minimum Gasteiger partial charge on any atom is -0.334 e. The summed E-state index contributed by atoms with van der Waals surface area (Å²) in [5, 5.41) is 14.3. The maximum absolute atomic E-state index is 13.7. The first kappa shape index (κ1) is 22.4. The number of aromatic nitrogens is 4. The van der Waals surface area contributed by atoms with Crippen LogP contribution in [0.5, 0.6) is 0 Å².